The van der Waals surface area contributed by atoms with Crippen LogP contribution in [-0.2, 0) is 0 Å². The van der Waals surface area contributed by atoms with Crippen LogP contribution < -0.4 is 0 Å². The monoisotopic (exact) mass is 356 g/mol. The molecule has 0 N–H and O–H groups in total. The first kappa shape index (κ1) is 19.1. The molecule has 1 saturated carbocycles. The zero-order valence-electron chi connectivity index (χ0n) is 15.8. The quantitative estimate of drug-likeness (QED) is 0.439. The van der Waals surface area contributed by atoms with E-state index in [1.807, 2.05) is 0 Å². The van der Waals surface area contributed by atoms with E-state index in [4.69, 9.17) is 0 Å². The lowest BCUT2D eigenvalue weighted by Gasteiger charge is -2.29. The number of hydrogen-bond acceptors (Lipinski definition) is 0. The Morgan fingerprint density at radius 1 is 0.808 bits per heavy atom. The predicted molar refractivity (Wildman–Crippen MR) is 106 cm³/mol. The van der Waals surface area contributed by atoms with Crippen LogP contribution in [0, 0.1) is 5.92 Å². The molecule has 0 bridgehead atoms. The smallest absolute Gasteiger partial charge is 0.205 e. The molecule has 2 heteroatoms. The molecular weight excluding hydrogens is 326 g/mol. The summed E-state index contributed by atoms with van der Waals surface area (Å²) in [4.78, 5) is 0. The molecule has 2 aromatic rings. The summed E-state index contributed by atoms with van der Waals surface area (Å²) >= 11 is 0. The van der Waals surface area contributed by atoms with Crippen molar-refractivity contribution in [3.8, 4) is 11.1 Å². The van der Waals surface area contributed by atoms with Gasteiger partial charge in [0.25, 0.3) is 6.43 Å². The third-order valence-electron chi connectivity index (χ3n) is 5.94. The number of hydrogen-bond donors (Lipinski definition) is 0. The highest BCUT2D eigenvalue weighted by atomic mass is 19.3. The lowest BCUT2D eigenvalue weighted by atomic mass is 9.77. The lowest BCUT2D eigenvalue weighted by molar-refractivity contribution is 0.151. The highest BCUT2D eigenvalue weighted by Crippen LogP contribution is 2.38. The molecule has 1 fully saturated rings. The van der Waals surface area contributed by atoms with E-state index in [0.717, 1.165) is 17.0 Å². The van der Waals surface area contributed by atoms with Crippen molar-refractivity contribution in [1.82, 2.24) is 0 Å². The van der Waals surface area contributed by atoms with Gasteiger partial charge in [-0.25, -0.2) is 8.78 Å². The minimum Gasteiger partial charge on any atom is -0.205 e. The van der Waals surface area contributed by atoms with E-state index >= 15 is 0 Å². The normalized spacial score (nSPS) is 20.5. The van der Waals surface area contributed by atoms with E-state index in [0.29, 0.717) is 5.92 Å². The van der Waals surface area contributed by atoms with Crippen LogP contribution in [0.15, 0.2) is 48.5 Å². The van der Waals surface area contributed by atoms with Gasteiger partial charge >= 0.3 is 0 Å². The van der Waals surface area contributed by atoms with Gasteiger partial charge in [-0.1, -0.05) is 81.1 Å². The van der Waals surface area contributed by atoms with Gasteiger partial charge in [-0.15, -0.1) is 0 Å². The summed E-state index contributed by atoms with van der Waals surface area (Å²) in [6, 6.07) is 15.4. The van der Waals surface area contributed by atoms with Crippen LogP contribution in [0.3, 0.4) is 0 Å². The lowest BCUT2D eigenvalue weighted by Crippen LogP contribution is -2.13. The topological polar surface area (TPSA) is 0 Å². The number of alkyl halides is 2. The van der Waals surface area contributed by atoms with Gasteiger partial charge in [0.15, 0.2) is 0 Å². The Kier molecular flexibility index (Phi) is 6.82. The first-order valence-corrected chi connectivity index (χ1v) is 10.2. The molecular formula is C24H30F2. The van der Waals surface area contributed by atoms with Crippen molar-refractivity contribution in [2.75, 3.05) is 0 Å². The van der Waals surface area contributed by atoms with Gasteiger partial charge in [-0.2, -0.15) is 0 Å². The van der Waals surface area contributed by atoms with Crippen molar-refractivity contribution in [1.29, 1.82) is 0 Å². The first-order valence-electron chi connectivity index (χ1n) is 10.2. The third-order valence-corrected chi connectivity index (χ3v) is 5.94. The molecule has 0 atom stereocenters. The van der Waals surface area contributed by atoms with Gasteiger partial charge in [0.05, 0.1) is 0 Å². The van der Waals surface area contributed by atoms with Crippen molar-refractivity contribution in [3.05, 3.63) is 59.7 Å². The summed E-state index contributed by atoms with van der Waals surface area (Å²) in [7, 11) is 0. The summed E-state index contributed by atoms with van der Waals surface area (Å²) in [6.07, 6.45) is 8.43. The second-order valence-electron chi connectivity index (χ2n) is 7.76. The van der Waals surface area contributed by atoms with Crippen LogP contribution >= 0.6 is 0 Å². The molecule has 0 saturated heterocycles. The summed E-state index contributed by atoms with van der Waals surface area (Å²) in [5.74, 6) is 1.62. The standard InChI is InChI=1S/C24H30F2/c1-2-3-4-5-18-6-8-19(9-7-18)20-10-12-21(13-11-20)22-14-16-23(17-15-22)24(25)26/h10-19,24H,2-9H2,1H3/t18-,19-. The number of halogens is 2. The van der Waals surface area contributed by atoms with Crippen LogP contribution in [0.25, 0.3) is 11.1 Å². The molecule has 2 aromatic carbocycles. The fraction of sp³-hybridized carbons (Fsp3) is 0.500. The second-order valence-corrected chi connectivity index (χ2v) is 7.76. The molecule has 0 nitrogen and oxygen atoms in total. The van der Waals surface area contributed by atoms with Gasteiger partial charge < -0.3 is 0 Å². The molecule has 1 aliphatic rings. The van der Waals surface area contributed by atoms with Crippen molar-refractivity contribution >= 4 is 0 Å². The Morgan fingerprint density at radius 3 is 1.92 bits per heavy atom. The Balaban J connectivity index is 1.56. The molecule has 0 unspecified atom stereocenters. The van der Waals surface area contributed by atoms with E-state index < -0.39 is 6.43 Å². The van der Waals surface area contributed by atoms with Crippen molar-refractivity contribution < 1.29 is 8.78 Å². The largest absolute Gasteiger partial charge is 0.263 e. The van der Waals surface area contributed by atoms with Gasteiger partial charge in [0.1, 0.15) is 0 Å². The molecule has 0 radical (unpaired) electrons. The van der Waals surface area contributed by atoms with Crippen LogP contribution in [0.4, 0.5) is 8.78 Å². The summed E-state index contributed by atoms with van der Waals surface area (Å²) < 4.78 is 25.3. The van der Waals surface area contributed by atoms with Crippen LogP contribution in [0.2, 0.25) is 0 Å². The second kappa shape index (κ2) is 9.30. The first-order chi connectivity index (χ1) is 12.7. The Hall–Kier alpha value is -1.70. The fourth-order valence-corrected chi connectivity index (χ4v) is 4.24. The maximum Gasteiger partial charge on any atom is 0.263 e. The van der Waals surface area contributed by atoms with Gasteiger partial charge in [0.2, 0.25) is 0 Å². The van der Waals surface area contributed by atoms with E-state index in [1.54, 1.807) is 12.1 Å². The molecule has 0 spiro atoms. The molecule has 3 rings (SSSR count). The number of rotatable bonds is 7. The zero-order chi connectivity index (χ0) is 18.4. The number of benzene rings is 2. The maximum absolute atomic E-state index is 12.7. The molecule has 0 amide bonds. The highest BCUT2D eigenvalue weighted by molar-refractivity contribution is 5.64. The minimum atomic E-state index is -2.40. The molecule has 0 aromatic heterocycles. The summed E-state index contributed by atoms with van der Waals surface area (Å²) in [5.41, 5.74) is 3.62. The zero-order valence-corrected chi connectivity index (χ0v) is 15.8. The van der Waals surface area contributed by atoms with Gasteiger partial charge in [-0.05, 0) is 54.2 Å². The van der Waals surface area contributed by atoms with Gasteiger partial charge in [-0.3, -0.25) is 0 Å². The highest BCUT2D eigenvalue weighted by Gasteiger charge is 2.22. The van der Waals surface area contributed by atoms with Crippen LogP contribution in [-0.4, -0.2) is 0 Å². The van der Waals surface area contributed by atoms with Crippen molar-refractivity contribution in [3.63, 3.8) is 0 Å². The third kappa shape index (κ3) is 4.93. The predicted octanol–water partition coefficient (Wildman–Crippen LogP) is 8.15. The van der Waals surface area contributed by atoms with Crippen molar-refractivity contribution in [2.45, 2.75) is 70.6 Å². The SMILES string of the molecule is CCCCC[C@H]1CC[C@H](c2ccc(-c3ccc(C(F)F)cc3)cc2)CC1. The number of unbranched alkanes of at least 4 members (excludes halogenated alkanes) is 2. The van der Waals surface area contributed by atoms with Crippen molar-refractivity contribution in [2.24, 2.45) is 5.92 Å². The molecule has 0 heterocycles. The van der Waals surface area contributed by atoms with E-state index in [9.17, 15) is 8.78 Å². The van der Waals surface area contributed by atoms with E-state index in [2.05, 4.69) is 31.2 Å². The average Bonchev–Trinajstić information content (AvgIpc) is 2.69. The molecule has 26 heavy (non-hydrogen) atoms. The molecule has 0 aliphatic heterocycles. The summed E-state index contributed by atoms with van der Waals surface area (Å²) in [6.45, 7) is 2.27. The molecule has 140 valence electrons. The average molecular weight is 357 g/mol. The van der Waals surface area contributed by atoms with E-state index in [-0.39, 0.29) is 5.56 Å². The Bertz CT molecular complexity index is 650. The van der Waals surface area contributed by atoms with Crippen LogP contribution in [0.5, 0.6) is 0 Å². The van der Waals surface area contributed by atoms with Gasteiger partial charge in [0, 0.05) is 5.56 Å². The molecule has 1 aliphatic carbocycles. The Labute approximate surface area is 156 Å². The Morgan fingerprint density at radius 2 is 1.38 bits per heavy atom. The van der Waals surface area contributed by atoms with Crippen LogP contribution in [0.1, 0.15) is 81.8 Å². The minimum absolute atomic E-state index is 0.0843. The maximum atomic E-state index is 12.7. The summed E-state index contributed by atoms with van der Waals surface area (Å²) in [5, 5.41) is 0. The van der Waals surface area contributed by atoms with E-state index in [1.165, 1.54) is 69.1 Å². The fourth-order valence-electron chi connectivity index (χ4n) is 4.24.